The fourth-order valence-electron chi connectivity index (χ4n) is 8.42. The molecule has 4 saturated carbocycles. The van der Waals surface area contributed by atoms with Crippen molar-refractivity contribution in [1.82, 2.24) is 9.88 Å². The van der Waals surface area contributed by atoms with E-state index in [1.165, 1.54) is 49.0 Å². The number of halogens is 1. The monoisotopic (exact) mass is 613 g/mol. The molecule has 8 rings (SSSR count). The number of nitrogens with one attached hydrogen (secondary N) is 1. The van der Waals surface area contributed by atoms with Crippen LogP contribution in [-0.2, 0) is 15.0 Å². The Morgan fingerprint density at radius 3 is 2.20 bits per heavy atom. The average molecular weight is 615 g/mol. The highest BCUT2D eigenvalue weighted by molar-refractivity contribution is 9.10. The van der Waals surface area contributed by atoms with E-state index in [1.807, 2.05) is 25.1 Å². The SMILES string of the molecule is Cc1cc(/C=C2\C(=O)NC(=S)N(c3cccc(Br)c3)C2=O)c(C)n1-c1ccc(C23CC4CC(CC(C4)C2)C3)cc1. The lowest BCUT2D eigenvalue weighted by Crippen LogP contribution is -2.54. The lowest BCUT2D eigenvalue weighted by molar-refractivity contribution is -0.122. The maximum Gasteiger partial charge on any atom is 0.270 e. The molecule has 2 amide bonds. The van der Waals surface area contributed by atoms with Gasteiger partial charge in [0.25, 0.3) is 11.8 Å². The molecule has 0 spiro atoms. The summed E-state index contributed by atoms with van der Waals surface area (Å²) in [6, 6.07) is 18.5. The van der Waals surface area contributed by atoms with Gasteiger partial charge in [-0.3, -0.25) is 19.8 Å². The third kappa shape index (κ3) is 4.20. The van der Waals surface area contributed by atoms with Gasteiger partial charge in [-0.2, -0.15) is 0 Å². The van der Waals surface area contributed by atoms with Crippen molar-refractivity contribution in [2.75, 3.05) is 4.90 Å². The normalized spacial score (nSPS) is 28.5. The zero-order valence-corrected chi connectivity index (χ0v) is 25.1. The number of benzene rings is 2. The molecule has 0 radical (unpaired) electrons. The fraction of sp³-hybridized carbons (Fsp3) is 0.364. The van der Waals surface area contributed by atoms with Crippen LogP contribution in [0.25, 0.3) is 11.8 Å². The minimum atomic E-state index is -0.481. The molecule has 2 heterocycles. The van der Waals surface area contributed by atoms with Crippen molar-refractivity contribution in [2.45, 2.75) is 57.8 Å². The van der Waals surface area contributed by atoms with Crippen molar-refractivity contribution >= 4 is 56.8 Å². The summed E-state index contributed by atoms with van der Waals surface area (Å²) >= 11 is 8.81. The third-order valence-electron chi connectivity index (χ3n) is 9.71. The van der Waals surface area contributed by atoms with Crippen LogP contribution in [0.4, 0.5) is 5.69 Å². The van der Waals surface area contributed by atoms with Crippen LogP contribution in [-0.4, -0.2) is 21.5 Å². The van der Waals surface area contributed by atoms with Gasteiger partial charge in [0.05, 0.1) is 5.69 Å². The Morgan fingerprint density at radius 2 is 1.57 bits per heavy atom. The molecular weight excluding hydrogens is 582 g/mol. The standard InChI is InChI=1S/C33H32BrN3O2S/c1-19-10-24(14-29-30(38)35-32(40)37(31(29)39)28-5-3-4-26(34)15-28)20(2)36(19)27-8-6-25(7-9-27)33-16-21-11-22(17-33)13-23(12-21)18-33/h3-10,14-15,21-23H,11-13,16-18H2,1-2H3,(H,35,38,40)/b29-14+. The second kappa shape index (κ2) is 9.52. The Hall–Kier alpha value is -3.03. The highest BCUT2D eigenvalue weighted by atomic mass is 79.9. The number of rotatable bonds is 4. The summed E-state index contributed by atoms with van der Waals surface area (Å²) in [5.74, 6) is 1.85. The first kappa shape index (κ1) is 25.9. The van der Waals surface area contributed by atoms with Gasteiger partial charge in [-0.1, -0.05) is 34.1 Å². The third-order valence-corrected chi connectivity index (χ3v) is 10.5. The zero-order valence-electron chi connectivity index (χ0n) is 22.7. The van der Waals surface area contributed by atoms with Gasteiger partial charge >= 0.3 is 0 Å². The Bertz CT molecular complexity index is 1570. The van der Waals surface area contributed by atoms with Crippen LogP contribution in [0.3, 0.4) is 0 Å². The van der Waals surface area contributed by atoms with E-state index in [9.17, 15) is 9.59 Å². The van der Waals surface area contributed by atoms with Crippen LogP contribution in [0.5, 0.6) is 0 Å². The lowest BCUT2D eigenvalue weighted by Gasteiger charge is -2.57. The Kier molecular flexibility index (Phi) is 6.17. The summed E-state index contributed by atoms with van der Waals surface area (Å²) in [5.41, 5.74) is 6.51. The van der Waals surface area contributed by atoms with Gasteiger partial charge in [0.2, 0.25) is 0 Å². The first-order valence-electron chi connectivity index (χ1n) is 14.2. The molecule has 40 heavy (non-hydrogen) atoms. The van der Waals surface area contributed by atoms with Gasteiger partial charge in [-0.25, -0.2) is 0 Å². The van der Waals surface area contributed by atoms with E-state index in [0.29, 0.717) is 11.1 Å². The quantitative estimate of drug-likeness (QED) is 0.193. The average Bonchev–Trinajstić information content (AvgIpc) is 3.18. The number of aromatic nitrogens is 1. The molecule has 1 N–H and O–H groups in total. The molecule has 5 fully saturated rings. The smallest absolute Gasteiger partial charge is 0.270 e. The molecule has 1 saturated heterocycles. The molecular formula is C33H32BrN3O2S. The van der Waals surface area contributed by atoms with Crippen molar-refractivity contribution in [3.63, 3.8) is 0 Å². The lowest BCUT2D eigenvalue weighted by atomic mass is 9.48. The van der Waals surface area contributed by atoms with Crippen LogP contribution in [0.1, 0.15) is 61.0 Å². The summed E-state index contributed by atoms with van der Waals surface area (Å²) in [5, 5.41) is 2.77. The van der Waals surface area contributed by atoms with E-state index < -0.39 is 11.8 Å². The fourth-order valence-corrected chi connectivity index (χ4v) is 9.09. The number of aryl methyl sites for hydroxylation is 1. The Labute approximate surface area is 248 Å². The number of amides is 2. The number of carbonyl (C=O) groups excluding carboxylic acids is 2. The van der Waals surface area contributed by atoms with Crippen molar-refractivity contribution < 1.29 is 9.59 Å². The molecule has 5 aliphatic rings. The molecule has 3 aromatic rings. The molecule has 4 aliphatic carbocycles. The maximum atomic E-state index is 13.5. The zero-order chi connectivity index (χ0) is 27.8. The molecule has 0 unspecified atom stereocenters. The summed E-state index contributed by atoms with van der Waals surface area (Å²) in [6.45, 7) is 4.10. The second-order valence-corrected chi connectivity index (χ2v) is 13.6. The van der Waals surface area contributed by atoms with Crippen LogP contribution in [0.2, 0.25) is 0 Å². The van der Waals surface area contributed by atoms with Gasteiger partial charge in [-0.05, 0) is 141 Å². The van der Waals surface area contributed by atoms with Gasteiger partial charge in [0, 0.05) is 21.5 Å². The molecule has 4 bridgehead atoms. The molecule has 7 heteroatoms. The Balaban J connectivity index is 1.19. The van der Waals surface area contributed by atoms with Crippen LogP contribution in [0.15, 0.2) is 64.6 Å². The minimum absolute atomic E-state index is 0.0611. The molecule has 1 aromatic heterocycles. The van der Waals surface area contributed by atoms with E-state index in [4.69, 9.17) is 12.2 Å². The largest absolute Gasteiger partial charge is 0.318 e. The van der Waals surface area contributed by atoms with Gasteiger partial charge in [-0.15, -0.1) is 0 Å². The second-order valence-electron chi connectivity index (χ2n) is 12.3. The highest BCUT2D eigenvalue weighted by Gasteiger charge is 2.51. The predicted octanol–water partition coefficient (Wildman–Crippen LogP) is 7.16. The van der Waals surface area contributed by atoms with E-state index in [2.05, 4.69) is 57.0 Å². The van der Waals surface area contributed by atoms with E-state index >= 15 is 0 Å². The number of anilines is 1. The van der Waals surface area contributed by atoms with Crippen molar-refractivity contribution in [2.24, 2.45) is 17.8 Å². The van der Waals surface area contributed by atoms with E-state index in [-0.39, 0.29) is 10.7 Å². The maximum absolute atomic E-state index is 13.5. The minimum Gasteiger partial charge on any atom is -0.318 e. The Morgan fingerprint density at radius 1 is 0.925 bits per heavy atom. The van der Waals surface area contributed by atoms with Crippen molar-refractivity contribution in [3.8, 4) is 5.69 Å². The van der Waals surface area contributed by atoms with E-state index in [0.717, 1.165) is 44.9 Å². The van der Waals surface area contributed by atoms with E-state index in [1.54, 1.807) is 18.2 Å². The number of nitrogens with zero attached hydrogens (tertiary/aromatic N) is 2. The van der Waals surface area contributed by atoms with Crippen LogP contribution < -0.4 is 10.2 Å². The number of hydrogen-bond donors (Lipinski definition) is 1. The topological polar surface area (TPSA) is 54.3 Å². The van der Waals surface area contributed by atoms with Crippen LogP contribution >= 0.6 is 28.1 Å². The van der Waals surface area contributed by atoms with Crippen LogP contribution in [0, 0.1) is 31.6 Å². The number of hydrogen-bond acceptors (Lipinski definition) is 3. The first-order valence-corrected chi connectivity index (χ1v) is 15.4. The van der Waals surface area contributed by atoms with Gasteiger partial charge in [0.1, 0.15) is 5.57 Å². The molecule has 2 aromatic carbocycles. The molecule has 5 nitrogen and oxygen atoms in total. The number of thiocarbonyl (C=S) groups is 1. The predicted molar refractivity (Wildman–Crippen MR) is 165 cm³/mol. The van der Waals surface area contributed by atoms with Crippen molar-refractivity contribution in [1.29, 1.82) is 0 Å². The molecule has 204 valence electrons. The molecule has 1 aliphatic heterocycles. The number of carbonyl (C=O) groups is 2. The first-order chi connectivity index (χ1) is 19.2. The van der Waals surface area contributed by atoms with Crippen molar-refractivity contribution in [3.05, 3.63) is 87.2 Å². The highest BCUT2D eigenvalue weighted by Crippen LogP contribution is 2.60. The van der Waals surface area contributed by atoms with Gasteiger partial charge < -0.3 is 4.57 Å². The summed E-state index contributed by atoms with van der Waals surface area (Å²) < 4.78 is 3.03. The van der Waals surface area contributed by atoms with Gasteiger partial charge in [0.15, 0.2) is 5.11 Å². The molecule has 0 atom stereocenters. The summed E-state index contributed by atoms with van der Waals surface area (Å²) in [4.78, 5) is 27.8. The summed E-state index contributed by atoms with van der Waals surface area (Å²) in [6.07, 6.45) is 10.1. The summed E-state index contributed by atoms with van der Waals surface area (Å²) in [7, 11) is 0.